The van der Waals surface area contributed by atoms with Gasteiger partial charge in [0.1, 0.15) is 0 Å². The molecule has 2 nitrogen and oxygen atoms in total. The van der Waals surface area contributed by atoms with E-state index in [0.29, 0.717) is 6.04 Å². The molecule has 1 aromatic rings. The molecule has 0 spiro atoms. The SMILES string of the molecule is CCC(C)NCc1cccc(N)c1C. The van der Waals surface area contributed by atoms with E-state index in [0.717, 1.165) is 18.7 Å². The predicted molar refractivity (Wildman–Crippen MR) is 62.2 cm³/mol. The molecule has 1 rings (SSSR count). The van der Waals surface area contributed by atoms with Crippen LogP contribution in [0.4, 0.5) is 5.69 Å². The molecule has 78 valence electrons. The monoisotopic (exact) mass is 192 g/mol. The van der Waals surface area contributed by atoms with Gasteiger partial charge in [0.05, 0.1) is 0 Å². The molecule has 2 heteroatoms. The molecule has 1 unspecified atom stereocenters. The minimum atomic E-state index is 0.566. The number of rotatable bonds is 4. The molecule has 1 aromatic carbocycles. The van der Waals surface area contributed by atoms with Gasteiger partial charge in [-0.15, -0.1) is 0 Å². The van der Waals surface area contributed by atoms with Crippen molar-refractivity contribution in [3.63, 3.8) is 0 Å². The van der Waals surface area contributed by atoms with Crippen molar-refractivity contribution in [3.05, 3.63) is 29.3 Å². The van der Waals surface area contributed by atoms with Crippen LogP contribution in [0.1, 0.15) is 31.4 Å². The van der Waals surface area contributed by atoms with Crippen molar-refractivity contribution in [1.82, 2.24) is 5.32 Å². The third-order valence-corrected chi connectivity index (χ3v) is 2.74. The molecular weight excluding hydrogens is 172 g/mol. The topological polar surface area (TPSA) is 38.0 Å². The van der Waals surface area contributed by atoms with Gasteiger partial charge in [-0.3, -0.25) is 0 Å². The molecule has 1 atom stereocenters. The largest absolute Gasteiger partial charge is 0.399 e. The third-order valence-electron chi connectivity index (χ3n) is 2.74. The van der Waals surface area contributed by atoms with E-state index in [2.05, 4.69) is 32.2 Å². The lowest BCUT2D eigenvalue weighted by atomic mass is 10.1. The van der Waals surface area contributed by atoms with Gasteiger partial charge in [0.15, 0.2) is 0 Å². The Labute approximate surface area is 86.5 Å². The molecule has 0 heterocycles. The fourth-order valence-electron chi connectivity index (χ4n) is 1.32. The van der Waals surface area contributed by atoms with Gasteiger partial charge in [0.25, 0.3) is 0 Å². The first-order valence-corrected chi connectivity index (χ1v) is 5.22. The summed E-state index contributed by atoms with van der Waals surface area (Å²) in [7, 11) is 0. The number of nitrogens with two attached hydrogens (primary N) is 1. The Kier molecular flexibility index (Phi) is 3.96. The first-order chi connectivity index (χ1) is 6.65. The first-order valence-electron chi connectivity index (χ1n) is 5.22. The molecule has 0 fully saturated rings. The zero-order chi connectivity index (χ0) is 10.6. The van der Waals surface area contributed by atoms with Gasteiger partial charge in [0.2, 0.25) is 0 Å². The molecule has 0 aromatic heterocycles. The van der Waals surface area contributed by atoms with Crippen LogP contribution < -0.4 is 11.1 Å². The molecule has 0 aliphatic heterocycles. The molecule has 0 aliphatic rings. The van der Waals surface area contributed by atoms with Gasteiger partial charge in [-0.2, -0.15) is 0 Å². The Morgan fingerprint density at radius 1 is 1.43 bits per heavy atom. The molecule has 0 saturated heterocycles. The standard InChI is InChI=1S/C12H20N2/c1-4-9(2)14-8-11-6-5-7-12(13)10(11)3/h5-7,9,14H,4,8,13H2,1-3H3. The zero-order valence-electron chi connectivity index (χ0n) is 9.30. The molecule has 0 saturated carbocycles. The number of nitrogen functional groups attached to an aromatic ring is 1. The molecular formula is C12H20N2. The van der Waals surface area contributed by atoms with Crippen LogP contribution in [0.25, 0.3) is 0 Å². The second kappa shape index (κ2) is 5.01. The highest BCUT2D eigenvalue weighted by Crippen LogP contribution is 2.15. The summed E-state index contributed by atoms with van der Waals surface area (Å²) in [4.78, 5) is 0. The maximum absolute atomic E-state index is 5.83. The summed E-state index contributed by atoms with van der Waals surface area (Å²) in [5, 5.41) is 3.46. The maximum atomic E-state index is 5.83. The van der Waals surface area contributed by atoms with E-state index in [-0.39, 0.29) is 0 Å². The van der Waals surface area contributed by atoms with Gasteiger partial charge in [0, 0.05) is 18.3 Å². The Hall–Kier alpha value is -1.02. The van der Waals surface area contributed by atoms with Crippen LogP contribution in [0, 0.1) is 6.92 Å². The van der Waals surface area contributed by atoms with Crippen molar-refractivity contribution in [1.29, 1.82) is 0 Å². The zero-order valence-corrected chi connectivity index (χ0v) is 9.30. The second-order valence-electron chi connectivity index (χ2n) is 3.82. The summed E-state index contributed by atoms with van der Waals surface area (Å²) in [6.45, 7) is 7.36. The molecule has 0 bridgehead atoms. The van der Waals surface area contributed by atoms with Crippen molar-refractivity contribution in [2.75, 3.05) is 5.73 Å². The number of hydrogen-bond donors (Lipinski definition) is 2. The molecule has 0 amide bonds. The Balaban J connectivity index is 2.63. The summed E-state index contributed by atoms with van der Waals surface area (Å²) in [6.07, 6.45) is 1.15. The highest BCUT2D eigenvalue weighted by atomic mass is 14.9. The van der Waals surface area contributed by atoms with E-state index in [9.17, 15) is 0 Å². The van der Waals surface area contributed by atoms with Gasteiger partial charge < -0.3 is 11.1 Å². The van der Waals surface area contributed by atoms with Crippen LogP contribution in [-0.2, 0) is 6.54 Å². The highest BCUT2D eigenvalue weighted by Gasteiger charge is 2.02. The van der Waals surface area contributed by atoms with Crippen LogP contribution in [0.15, 0.2) is 18.2 Å². The average Bonchev–Trinajstić information content (AvgIpc) is 2.20. The van der Waals surface area contributed by atoms with Crippen LogP contribution in [0.2, 0.25) is 0 Å². The molecule has 3 N–H and O–H groups in total. The lowest BCUT2D eigenvalue weighted by Crippen LogP contribution is -2.24. The van der Waals surface area contributed by atoms with E-state index in [1.54, 1.807) is 0 Å². The summed E-state index contributed by atoms with van der Waals surface area (Å²) >= 11 is 0. The van der Waals surface area contributed by atoms with Gasteiger partial charge in [-0.05, 0) is 37.5 Å². The van der Waals surface area contributed by atoms with E-state index in [1.807, 2.05) is 12.1 Å². The van der Waals surface area contributed by atoms with Gasteiger partial charge >= 0.3 is 0 Å². The van der Waals surface area contributed by atoms with Crippen molar-refractivity contribution in [3.8, 4) is 0 Å². The number of hydrogen-bond acceptors (Lipinski definition) is 2. The second-order valence-corrected chi connectivity index (χ2v) is 3.82. The van der Waals surface area contributed by atoms with Crippen LogP contribution in [-0.4, -0.2) is 6.04 Å². The van der Waals surface area contributed by atoms with Gasteiger partial charge in [-0.1, -0.05) is 19.1 Å². The van der Waals surface area contributed by atoms with Crippen molar-refractivity contribution < 1.29 is 0 Å². The van der Waals surface area contributed by atoms with Crippen molar-refractivity contribution >= 4 is 5.69 Å². The lowest BCUT2D eigenvalue weighted by Gasteiger charge is -2.13. The average molecular weight is 192 g/mol. The third kappa shape index (κ3) is 2.74. The normalized spacial score (nSPS) is 12.8. The Morgan fingerprint density at radius 3 is 2.79 bits per heavy atom. The maximum Gasteiger partial charge on any atom is 0.0346 e. The minimum Gasteiger partial charge on any atom is -0.399 e. The predicted octanol–water partition coefficient (Wildman–Crippen LogP) is 2.47. The van der Waals surface area contributed by atoms with Crippen molar-refractivity contribution in [2.45, 2.75) is 39.8 Å². The summed E-state index contributed by atoms with van der Waals surface area (Å²) in [5.74, 6) is 0. The molecule has 0 aliphatic carbocycles. The van der Waals surface area contributed by atoms with Crippen LogP contribution in [0.5, 0.6) is 0 Å². The van der Waals surface area contributed by atoms with Crippen molar-refractivity contribution in [2.24, 2.45) is 0 Å². The Bertz CT molecular complexity index is 294. The number of anilines is 1. The lowest BCUT2D eigenvalue weighted by molar-refractivity contribution is 0.533. The highest BCUT2D eigenvalue weighted by molar-refractivity contribution is 5.49. The van der Waals surface area contributed by atoms with Crippen LogP contribution in [0.3, 0.4) is 0 Å². The minimum absolute atomic E-state index is 0.566. The quantitative estimate of drug-likeness (QED) is 0.719. The van der Waals surface area contributed by atoms with E-state index in [4.69, 9.17) is 5.73 Å². The summed E-state index contributed by atoms with van der Waals surface area (Å²) in [5.41, 5.74) is 9.21. The summed E-state index contributed by atoms with van der Waals surface area (Å²) < 4.78 is 0. The smallest absolute Gasteiger partial charge is 0.0346 e. The molecule has 0 radical (unpaired) electrons. The first kappa shape index (κ1) is 11.1. The number of nitrogens with one attached hydrogen (secondary N) is 1. The Morgan fingerprint density at radius 2 is 2.14 bits per heavy atom. The summed E-state index contributed by atoms with van der Waals surface area (Å²) in [6, 6.07) is 6.65. The van der Waals surface area contributed by atoms with Crippen LogP contribution >= 0.6 is 0 Å². The van der Waals surface area contributed by atoms with E-state index < -0.39 is 0 Å². The molecule has 14 heavy (non-hydrogen) atoms. The van der Waals surface area contributed by atoms with E-state index in [1.165, 1.54) is 11.1 Å². The van der Waals surface area contributed by atoms with E-state index >= 15 is 0 Å². The fraction of sp³-hybridized carbons (Fsp3) is 0.500. The fourth-order valence-corrected chi connectivity index (χ4v) is 1.32. The number of benzene rings is 1. The van der Waals surface area contributed by atoms with Gasteiger partial charge in [-0.25, -0.2) is 0 Å².